The highest BCUT2D eigenvalue weighted by Crippen LogP contribution is 2.20. The minimum absolute atomic E-state index is 0.0470. The summed E-state index contributed by atoms with van der Waals surface area (Å²) in [5, 5.41) is 3.06. The molecule has 3 heterocycles. The van der Waals surface area contributed by atoms with Crippen LogP contribution in [-0.4, -0.2) is 55.6 Å². The van der Waals surface area contributed by atoms with Crippen molar-refractivity contribution in [1.82, 2.24) is 15.2 Å². The van der Waals surface area contributed by atoms with Gasteiger partial charge in [-0.25, -0.2) is 0 Å². The first-order chi connectivity index (χ1) is 10.7. The van der Waals surface area contributed by atoms with Crippen molar-refractivity contribution in [1.29, 1.82) is 0 Å². The number of likely N-dealkylation sites (tertiary alicyclic amines) is 1. The number of hydrogen-bond donors (Lipinski definition) is 1. The molecule has 1 atom stereocenters. The van der Waals surface area contributed by atoms with Crippen LogP contribution in [-0.2, 0) is 0 Å². The Bertz CT molecular complexity index is 513. The van der Waals surface area contributed by atoms with Crippen LogP contribution in [0.4, 0.5) is 5.69 Å². The molecule has 2 aliphatic heterocycles. The predicted molar refractivity (Wildman–Crippen MR) is 88.2 cm³/mol. The second-order valence-corrected chi connectivity index (χ2v) is 6.57. The van der Waals surface area contributed by atoms with E-state index in [0.717, 1.165) is 31.9 Å². The molecule has 22 heavy (non-hydrogen) atoms. The number of carbonyl (C=O) groups is 1. The van der Waals surface area contributed by atoms with Crippen LogP contribution in [0.15, 0.2) is 18.3 Å². The summed E-state index contributed by atoms with van der Waals surface area (Å²) in [5.74, 6) is 0.513. The topological polar surface area (TPSA) is 48.5 Å². The Labute approximate surface area is 132 Å². The van der Waals surface area contributed by atoms with Crippen molar-refractivity contribution in [2.75, 3.05) is 44.7 Å². The number of carbonyl (C=O) groups excluding carboxylic acids is 1. The third-order valence-corrected chi connectivity index (χ3v) is 4.72. The number of nitrogens with one attached hydrogen (secondary N) is 1. The standard InChI is InChI=1S/C17H26N4O/c1-20-8-4-5-14(13-20)12-19-17(22)16-11-15(6-7-18-16)21-9-2-3-10-21/h6-7,11,14H,2-5,8-10,12-13H2,1H3,(H,19,22). The van der Waals surface area contributed by atoms with Crippen LogP contribution in [0.1, 0.15) is 36.2 Å². The van der Waals surface area contributed by atoms with Gasteiger partial charge in [0, 0.05) is 38.1 Å². The number of aromatic nitrogens is 1. The van der Waals surface area contributed by atoms with E-state index in [1.54, 1.807) is 6.20 Å². The molecule has 2 fully saturated rings. The van der Waals surface area contributed by atoms with E-state index in [2.05, 4.69) is 27.1 Å². The van der Waals surface area contributed by atoms with Crippen LogP contribution in [0.3, 0.4) is 0 Å². The maximum atomic E-state index is 12.3. The van der Waals surface area contributed by atoms with Crippen molar-refractivity contribution in [2.24, 2.45) is 5.92 Å². The fourth-order valence-electron chi connectivity index (χ4n) is 3.48. The van der Waals surface area contributed by atoms with Crippen molar-refractivity contribution in [3.63, 3.8) is 0 Å². The number of rotatable bonds is 4. The molecule has 0 saturated carbocycles. The molecule has 1 aromatic rings. The van der Waals surface area contributed by atoms with Gasteiger partial charge in [0.25, 0.3) is 5.91 Å². The molecule has 3 rings (SSSR count). The van der Waals surface area contributed by atoms with Gasteiger partial charge in [0.1, 0.15) is 5.69 Å². The number of anilines is 1. The molecule has 0 spiro atoms. The van der Waals surface area contributed by atoms with Gasteiger partial charge >= 0.3 is 0 Å². The van der Waals surface area contributed by atoms with Gasteiger partial charge in [0.2, 0.25) is 0 Å². The zero-order valence-electron chi connectivity index (χ0n) is 13.4. The minimum Gasteiger partial charge on any atom is -0.371 e. The minimum atomic E-state index is -0.0470. The van der Waals surface area contributed by atoms with Gasteiger partial charge in [0.15, 0.2) is 0 Å². The summed E-state index contributed by atoms with van der Waals surface area (Å²) in [7, 11) is 2.15. The molecule has 1 unspecified atom stereocenters. The zero-order valence-corrected chi connectivity index (χ0v) is 13.4. The van der Waals surface area contributed by atoms with Gasteiger partial charge in [-0.1, -0.05) is 0 Å². The molecule has 2 aliphatic rings. The summed E-state index contributed by atoms with van der Waals surface area (Å²) in [5.41, 5.74) is 1.66. The van der Waals surface area contributed by atoms with Crippen LogP contribution in [0, 0.1) is 5.92 Å². The quantitative estimate of drug-likeness (QED) is 0.920. The zero-order chi connectivity index (χ0) is 15.4. The average Bonchev–Trinajstić information content (AvgIpc) is 3.07. The van der Waals surface area contributed by atoms with Crippen molar-refractivity contribution >= 4 is 11.6 Å². The van der Waals surface area contributed by atoms with Gasteiger partial charge in [-0.05, 0) is 57.3 Å². The van der Waals surface area contributed by atoms with Gasteiger partial charge in [-0.3, -0.25) is 9.78 Å². The van der Waals surface area contributed by atoms with E-state index < -0.39 is 0 Å². The van der Waals surface area contributed by atoms with E-state index in [0.29, 0.717) is 11.6 Å². The number of pyridine rings is 1. The van der Waals surface area contributed by atoms with E-state index in [1.807, 2.05) is 12.1 Å². The van der Waals surface area contributed by atoms with Crippen molar-refractivity contribution in [3.8, 4) is 0 Å². The summed E-state index contributed by atoms with van der Waals surface area (Å²) in [4.78, 5) is 21.2. The molecule has 120 valence electrons. The van der Waals surface area contributed by atoms with E-state index in [4.69, 9.17) is 0 Å². The molecule has 0 aromatic carbocycles. The lowest BCUT2D eigenvalue weighted by atomic mass is 9.98. The van der Waals surface area contributed by atoms with Gasteiger partial charge < -0.3 is 15.1 Å². The van der Waals surface area contributed by atoms with Gasteiger partial charge in [-0.2, -0.15) is 0 Å². The van der Waals surface area contributed by atoms with Gasteiger partial charge in [0.05, 0.1) is 0 Å². The van der Waals surface area contributed by atoms with E-state index in [1.165, 1.54) is 32.2 Å². The highest BCUT2D eigenvalue weighted by Gasteiger charge is 2.19. The van der Waals surface area contributed by atoms with Crippen molar-refractivity contribution < 1.29 is 4.79 Å². The largest absolute Gasteiger partial charge is 0.371 e. The fourth-order valence-corrected chi connectivity index (χ4v) is 3.48. The first-order valence-corrected chi connectivity index (χ1v) is 8.40. The third-order valence-electron chi connectivity index (χ3n) is 4.72. The molecule has 1 N–H and O–H groups in total. The highest BCUT2D eigenvalue weighted by molar-refractivity contribution is 5.93. The SMILES string of the molecule is CN1CCCC(CNC(=O)c2cc(N3CCCC3)ccn2)C1. The maximum Gasteiger partial charge on any atom is 0.269 e. The lowest BCUT2D eigenvalue weighted by Gasteiger charge is -2.29. The number of amides is 1. The summed E-state index contributed by atoms with van der Waals surface area (Å²) >= 11 is 0. The summed E-state index contributed by atoms with van der Waals surface area (Å²) in [6.45, 7) is 5.16. The Balaban J connectivity index is 1.56. The molecule has 2 saturated heterocycles. The normalized spacial score (nSPS) is 22.8. The predicted octanol–water partition coefficient (Wildman–Crippen LogP) is 1.75. The number of piperidine rings is 1. The Morgan fingerprint density at radius 1 is 1.32 bits per heavy atom. The van der Waals surface area contributed by atoms with E-state index in [9.17, 15) is 4.79 Å². The van der Waals surface area contributed by atoms with Crippen LogP contribution in [0.5, 0.6) is 0 Å². The second-order valence-electron chi connectivity index (χ2n) is 6.57. The Kier molecular flexibility index (Phi) is 4.93. The second kappa shape index (κ2) is 7.09. The average molecular weight is 302 g/mol. The lowest BCUT2D eigenvalue weighted by molar-refractivity contribution is 0.0932. The molecular weight excluding hydrogens is 276 g/mol. The maximum absolute atomic E-state index is 12.3. The first kappa shape index (κ1) is 15.3. The summed E-state index contributed by atoms with van der Waals surface area (Å²) < 4.78 is 0. The van der Waals surface area contributed by atoms with E-state index >= 15 is 0 Å². The van der Waals surface area contributed by atoms with Crippen LogP contribution < -0.4 is 10.2 Å². The molecule has 0 aliphatic carbocycles. The smallest absolute Gasteiger partial charge is 0.269 e. The first-order valence-electron chi connectivity index (χ1n) is 8.40. The molecule has 5 heteroatoms. The van der Waals surface area contributed by atoms with Crippen molar-refractivity contribution in [2.45, 2.75) is 25.7 Å². The Morgan fingerprint density at radius 3 is 2.91 bits per heavy atom. The molecule has 0 radical (unpaired) electrons. The van der Waals surface area contributed by atoms with E-state index in [-0.39, 0.29) is 5.91 Å². The summed E-state index contributed by atoms with van der Waals surface area (Å²) in [6, 6.07) is 3.92. The lowest BCUT2D eigenvalue weighted by Crippen LogP contribution is -2.39. The monoisotopic (exact) mass is 302 g/mol. The number of hydrogen-bond acceptors (Lipinski definition) is 4. The summed E-state index contributed by atoms with van der Waals surface area (Å²) in [6.07, 6.45) is 6.64. The Morgan fingerprint density at radius 2 is 2.14 bits per heavy atom. The molecule has 5 nitrogen and oxygen atoms in total. The Hall–Kier alpha value is -1.62. The van der Waals surface area contributed by atoms with Crippen LogP contribution in [0.25, 0.3) is 0 Å². The molecule has 1 aromatic heterocycles. The van der Waals surface area contributed by atoms with Gasteiger partial charge in [-0.15, -0.1) is 0 Å². The van der Waals surface area contributed by atoms with Crippen LogP contribution in [0.2, 0.25) is 0 Å². The molecular formula is C17H26N4O. The van der Waals surface area contributed by atoms with Crippen molar-refractivity contribution in [3.05, 3.63) is 24.0 Å². The fraction of sp³-hybridized carbons (Fsp3) is 0.647. The molecule has 1 amide bonds. The molecule has 0 bridgehead atoms. The van der Waals surface area contributed by atoms with Crippen LogP contribution >= 0.6 is 0 Å². The highest BCUT2D eigenvalue weighted by atomic mass is 16.1. The third kappa shape index (κ3) is 3.77. The number of nitrogens with zero attached hydrogens (tertiary/aromatic N) is 3.